The van der Waals surface area contributed by atoms with Crippen LogP contribution in [0.15, 0.2) is 11.1 Å². The Balaban J connectivity index is 2.78. The number of nitrogen functional groups attached to an aromatic ring is 1. The third kappa shape index (κ3) is 3.72. The van der Waals surface area contributed by atoms with Gasteiger partial charge in [-0.15, -0.1) is 11.8 Å². The maximum Gasteiger partial charge on any atom is 0.160 e. The van der Waals surface area contributed by atoms with Gasteiger partial charge in [0.05, 0.1) is 10.0 Å². The zero-order chi connectivity index (χ0) is 11.3. The van der Waals surface area contributed by atoms with Crippen LogP contribution in [0.1, 0.15) is 19.8 Å². The summed E-state index contributed by atoms with van der Waals surface area (Å²) in [6, 6.07) is 1.65. The molecule has 0 atom stereocenters. The second kappa shape index (κ2) is 6.43. The van der Waals surface area contributed by atoms with E-state index in [0.717, 1.165) is 23.6 Å². The minimum absolute atomic E-state index is 0.433. The molecular weight excluding hydrogens is 253 g/mol. The lowest BCUT2D eigenvalue weighted by Crippen LogP contribution is -2.09. The number of hydrogen-bond acceptors (Lipinski definition) is 4. The molecule has 0 radical (unpaired) electrons. The minimum atomic E-state index is 0.433. The maximum atomic E-state index is 6.00. The van der Waals surface area contributed by atoms with E-state index in [-0.39, 0.29) is 0 Å². The Morgan fingerprint density at radius 2 is 2.20 bits per heavy atom. The van der Waals surface area contributed by atoms with Gasteiger partial charge < -0.3 is 5.43 Å². The van der Waals surface area contributed by atoms with Crippen molar-refractivity contribution in [2.45, 2.75) is 24.8 Å². The summed E-state index contributed by atoms with van der Waals surface area (Å²) in [5.74, 6) is 6.73. The van der Waals surface area contributed by atoms with Gasteiger partial charge in [0.1, 0.15) is 5.03 Å². The molecule has 3 N–H and O–H groups in total. The lowest BCUT2D eigenvalue weighted by Gasteiger charge is -2.07. The van der Waals surface area contributed by atoms with Gasteiger partial charge in [-0.05, 0) is 18.2 Å². The number of thioether (sulfide) groups is 1. The van der Waals surface area contributed by atoms with E-state index in [1.807, 2.05) is 0 Å². The van der Waals surface area contributed by atoms with Crippen molar-refractivity contribution in [3.8, 4) is 0 Å². The third-order valence-electron chi connectivity index (χ3n) is 1.77. The first-order valence-electron chi connectivity index (χ1n) is 4.64. The van der Waals surface area contributed by atoms with Crippen molar-refractivity contribution < 1.29 is 0 Å². The molecule has 0 saturated carbocycles. The van der Waals surface area contributed by atoms with Crippen LogP contribution >= 0.6 is 35.0 Å². The zero-order valence-corrected chi connectivity index (χ0v) is 10.7. The summed E-state index contributed by atoms with van der Waals surface area (Å²) in [6.45, 7) is 2.14. The van der Waals surface area contributed by atoms with Crippen LogP contribution in [0, 0.1) is 0 Å². The van der Waals surface area contributed by atoms with E-state index in [2.05, 4.69) is 17.3 Å². The Hall–Kier alpha value is -0.160. The summed E-state index contributed by atoms with van der Waals surface area (Å²) >= 11 is 13.5. The monoisotopic (exact) mass is 265 g/mol. The fourth-order valence-corrected chi connectivity index (χ4v) is 2.52. The number of halogens is 2. The molecule has 0 fully saturated rings. The van der Waals surface area contributed by atoms with Crippen molar-refractivity contribution in [1.82, 2.24) is 4.98 Å². The number of rotatable bonds is 5. The molecule has 84 valence electrons. The van der Waals surface area contributed by atoms with E-state index >= 15 is 0 Å². The van der Waals surface area contributed by atoms with E-state index in [9.17, 15) is 0 Å². The van der Waals surface area contributed by atoms with Crippen molar-refractivity contribution in [1.29, 1.82) is 0 Å². The third-order valence-corrected chi connectivity index (χ3v) is 3.54. The summed E-state index contributed by atoms with van der Waals surface area (Å²) < 4.78 is 0. The van der Waals surface area contributed by atoms with Crippen molar-refractivity contribution >= 4 is 40.8 Å². The first-order chi connectivity index (χ1) is 7.19. The number of aromatic nitrogens is 1. The minimum Gasteiger partial charge on any atom is -0.307 e. The summed E-state index contributed by atoms with van der Waals surface area (Å²) in [5, 5.41) is 1.77. The first kappa shape index (κ1) is 12.9. The molecule has 1 rings (SSSR count). The number of hydrogen-bond donors (Lipinski definition) is 2. The highest BCUT2D eigenvalue weighted by Gasteiger charge is 2.08. The zero-order valence-electron chi connectivity index (χ0n) is 8.39. The molecule has 0 aromatic carbocycles. The maximum absolute atomic E-state index is 6.00. The molecule has 0 aliphatic heterocycles. The molecule has 0 unspecified atom stereocenters. The number of nitrogens with one attached hydrogen (secondary N) is 1. The fraction of sp³-hybridized carbons (Fsp3) is 0.444. The molecule has 0 bridgehead atoms. The highest BCUT2D eigenvalue weighted by Crippen LogP contribution is 2.31. The van der Waals surface area contributed by atoms with Crippen LogP contribution in [0.25, 0.3) is 0 Å². The second-order valence-corrected chi connectivity index (χ2v) is 4.85. The van der Waals surface area contributed by atoms with E-state index in [4.69, 9.17) is 29.0 Å². The Bertz CT molecular complexity index is 333. The van der Waals surface area contributed by atoms with Crippen LogP contribution < -0.4 is 11.3 Å². The van der Waals surface area contributed by atoms with Crippen molar-refractivity contribution in [3.05, 3.63) is 16.1 Å². The van der Waals surface area contributed by atoms with Crippen LogP contribution in [0.5, 0.6) is 0 Å². The Kier molecular flexibility index (Phi) is 5.53. The van der Waals surface area contributed by atoms with Gasteiger partial charge in [0.15, 0.2) is 5.82 Å². The van der Waals surface area contributed by atoms with E-state index in [1.165, 1.54) is 0 Å². The van der Waals surface area contributed by atoms with Gasteiger partial charge in [0.2, 0.25) is 0 Å². The lowest BCUT2D eigenvalue weighted by atomic mass is 10.4. The number of pyridine rings is 1. The van der Waals surface area contributed by atoms with Crippen LogP contribution in [0.3, 0.4) is 0 Å². The molecule has 0 spiro atoms. The molecule has 0 amide bonds. The standard InChI is InChI=1S/C9H13Cl2N3S/c1-2-3-4-15-9-7(11)5-6(10)8(13-9)14-12/h5H,2-4,12H2,1H3,(H,13,14). The molecule has 1 aromatic heterocycles. The largest absolute Gasteiger partial charge is 0.307 e. The summed E-state index contributed by atoms with van der Waals surface area (Å²) in [4.78, 5) is 4.23. The molecule has 1 heterocycles. The SMILES string of the molecule is CCCCSc1nc(NN)c(Cl)cc1Cl. The average Bonchev–Trinajstić information content (AvgIpc) is 2.21. The topological polar surface area (TPSA) is 50.9 Å². The number of nitrogens with two attached hydrogens (primary N) is 1. The molecule has 0 saturated heterocycles. The molecule has 3 nitrogen and oxygen atoms in total. The summed E-state index contributed by atoms with van der Waals surface area (Å²) in [5.41, 5.74) is 2.44. The highest BCUT2D eigenvalue weighted by atomic mass is 35.5. The molecule has 15 heavy (non-hydrogen) atoms. The highest BCUT2D eigenvalue weighted by molar-refractivity contribution is 7.99. The molecule has 0 aliphatic carbocycles. The average molecular weight is 266 g/mol. The number of unbranched alkanes of at least 4 members (excludes halogenated alkanes) is 1. The van der Waals surface area contributed by atoms with E-state index in [0.29, 0.717) is 15.9 Å². The lowest BCUT2D eigenvalue weighted by molar-refractivity contribution is 0.894. The Morgan fingerprint density at radius 3 is 2.80 bits per heavy atom. The van der Waals surface area contributed by atoms with Crippen LogP contribution in [-0.4, -0.2) is 10.7 Å². The smallest absolute Gasteiger partial charge is 0.160 e. The number of hydrazine groups is 1. The van der Waals surface area contributed by atoms with Gasteiger partial charge in [-0.2, -0.15) is 0 Å². The van der Waals surface area contributed by atoms with Crippen molar-refractivity contribution in [3.63, 3.8) is 0 Å². The quantitative estimate of drug-likeness (QED) is 0.370. The summed E-state index contributed by atoms with van der Waals surface area (Å²) in [6.07, 6.45) is 2.29. The van der Waals surface area contributed by atoms with Crippen LogP contribution in [0.4, 0.5) is 5.82 Å². The number of anilines is 1. The van der Waals surface area contributed by atoms with E-state index < -0.39 is 0 Å². The van der Waals surface area contributed by atoms with Crippen LogP contribution in [-0.2, 0) is 0 Å². The first-order valence-corrected chi connectivity index (χ1v) is 6.38. The van der Waals surface area contributed by atoms with Gasteiger partial charge in [0.25, 0.3) is 0 Å². The van der Waals surface area contributed by atoms with Gasteiger partial charge in [0, 0.05) is 0 Å². The Morgan fingerprint density at radius 1 is 1.47 bits per heavy atom. The van der Waals surface area contributed by atoms with Crippen LogP contribution in [0.2, 0.25) is 10.0 Å². The molecule has 0 aliphatic rings. The van der Waals surface area contributed by atoms with Crippen molar-refractivity contribution in [2.24, 2.45) is 5.84 Å². The second-order valence-electron chi connectivity index (χ2n) is 2.95. The summed E-state index contributed by atoms with van der Waals surface area (Å²) in [7, 11) is 0. The Labute approximate surface area is 104 Å². The van der Waals surface area contributed by atoms with Gasteiger partial charge >= 0.3 is 0 Å². The normalized spacial score (nSPS) is 10.4. The fourth-order valence-electron chi connectivity index (χ4n) is 0.965. The molecule has 1 aromatic rings. The van der Waals surface area contributed by atoms with Gasteiger partial charge in [-0.3, -0.25) is 0 Å². The molecule has 6 heteroatoms. The van der Waals surface area contributed by atoms with E-state index in [1.54, 1.807) is 17.8 Å². The van der Waals surface area contributed by atoms with Gasteiger partial charge in [-0.25, -0.2) is 10.8 Å². The van der Waals surface area contributed by atoms with Crippen molar-refractivity contribution in [2.75, 3.05) is 11.2 Å². The predicted molar refractivity (Wildman–Crippen MR) is 67.7 cm³/mol. The molecular formula is C9H13Cl2N3S. The van der Waals surface area contributed by atoms with Gasteiger partial charge in [-0.1, -0.05) is 36.5 Å². The number of nitrogens with zero attached hydrogens (tertiary/aromatic N) is 1. The predicted octanol–water partition coefficient (Wildman–Crippen LogP) is 3.57.